The van der Waals surface area contributed by atoms with E-state index in [1.807, 2.05) is 78.9 Å². The first kappa shape index (κ1) is 39.8. The third-order valence-corrected chi connectivity index (χ3v) is 11.6. The summed E-state index contributed by atoms with van der Waals surface area (Å²) < 4.78 is 24.3. The number of aliphatic carboxylic acids is 1. The van der Waals surface area contributed by atoms with Crippen LogP contribution in [0.3, 0.4) is 0 Å². The van der Waals surface area contributed by atoms with E-state index in [0.717, 1.165) is 39.8 Å². The molecular weight excluding hydrogens is 793 g/mol. The number of hydrogen-bond donors (Lipinski definition) is 2. The van der Waals surface area contributed by atoms with E-state index in [-0.39, 0.29) is 31.9 Å². The minimum atomic E-state index is -1.25. The van der Waals surface area contributed by atoms with Crippen LogP contribution in [-0.2, 0) is 45.1 Å². The summed E-state index contributed by atoms with van der Waals surface area (Å²) >= 11 is 12.2. The molecule has 3 aliphatic heterocycles. The molecule has 0 spiro atoms. The Morgan fingerprint density at radius 2 is 1.59 bits per heavy atom. The number of nitrogens with one attached hydrogen (secondary N) is 1. The molecule has 1 saturated heterocycles. The van der Waals surface area contributed by atoms with E-state index >= 15 is 0 Å². The zero-order chi connectivity index (χ0) is 41.0. The van der Waals surface area contributed by atoms with Crippen LogP contribution in [0.1, 0.15) is 52.3 Å². The largest absolute Gasteiger partial charge is 0.489 e. The van der Waals surface area contributed by atoms with Crippen LogP contribution in [0.4, 0.5) is 0 Å². The number of ether oxygens (including phenoxy) is 4. The molecule has 0 saturated carbocycles. The van der Waals surface area contributed by atoms with E-state index in [1.165, 1.54) is 4.90 Å². The first-order valence-corrected chi connectivity index (χ1v) is 20.0. The number of carboxylic acid groups (broad SMARTS) is 1. The number of carbonyl (C=O) groups excluding carboxylic acids is 2. The predicted octanol–water partition coefficient (Wildman–Crippen LogP) is 7.87. The lowest BCUT2D eigenvalue weighted by Gasteiger charge is -2.38. The molecule has 3 aliphatic rings. The van der Waals surface area contributed by atoms with Gasteiger partial charge in [-0.05, 0) is 100 Å². The fourth-order valence-electron chi connectivity index (χ4n) is 7.59. The lowest BCUT2D eigenvalue weighted by molar-refractivity contribution is -0.150. The van der Waals surface area contributed by atoms with Crippen molar-refractivity contribution in [1.82, 2.24) is 10.2 Å². The number of fused-ring (bicyclic) bond motifs is 2. The highest BCUT2D eigenvalue weighted by molar-refractivity contribution is 6.42. The summed E-state index contributed by atoms with van der Waals surface area (Å²) in [6.07, 6.45) is 0.356. The van der Waals surface area contributed by atoms with Crippen LogP contribution in [0.5, 0.6) is 17.2 Å². The van der Waals surface area contributed by atoms with Crippen LogP contribution in [-0.4, -0.2) is 59.2 Å². The number of carbonyl (C=O) groups is 3. The lowest BCUT2D eigenvalue weighted by atomic mass is 9.91. The monoisotopic (exact) mass is 831 g/mol. The number of nitrogens with zero attached hydrogens (tertiary/aromatic N) is 2. The molecule has 59 heavy (non-hydrogen) atoms. The van der Waals surface area contributed by atoms with Gasteiger partial charge in [0.25, 0.3) is 5.91 Å². The SMILES string of the molecule is N#Cc1ccc(-c2ccc(CC(NC(=O)C3Cc4cc5c(cc4CN3C(=O)[C@@H]3CCCO3)O[C@@H](c3ccc(OCc4ccc(Cl)c(Cl)c4)cc3)CO5)C(=O)O)cc2)cc1. The molecule has 300 valence electrons. The zero-order valence-corrected chi connectivity index (χ0v) is 33.2. The van der Waals surface area contributed by atoms with Gasteiger partial charge in [-0.3, -0.25) is 9.59 Å². The van der Waals surface area contributed by atoms with Crippen molar-refractivity contribution in [2.75, 3.05) is 13.2 Å². The van der Waals surface area contributed by atoms with E-state index in [4.69, 9.17) is 47.4 Å². The van der Waals surface area contributed by atoms with Gasteiger partial charge in [0.15, 0.2) is 17.6 Å². The Kier molecular flexibility index (Phi) is 11.7. The van der Waals surface area contributed by atoms with E-state index in [0.29, 0.717) is 58.1 Å². The molecule has 1 fully saturated rings. The molecule has 2 N–H and O–H groups in total. The highest BCUT2D eigenvalue weighted by atomic mass is 35.5. The summed E-state index contributed by atoms with van der Waals surface area (Å²) in [5.74, 6) is -0.362. The van der Waals surface area contributed by atoms with Gasteiger partial charge < -0.3 is 34.3 Å². The maximum Gasteiger partial charge on any atom is 0.326 e. The topological polar surface area (TPSA) is 147 Å². The molecule has 5 aromatic carbocycles. The number of hydrogen-bond acceptors (Lipinski definition) is 8. The first-order valence-electron chi connectivity index (χ1n) is 19.3. The van der Waals surface area contributed by atoms with Gasteiger partial charge in [0.1, 0.15) is 37.2 Å². The van der Waals surface area contributed by atoms with Gasteiger partial charge in [0.2, 0.25) is 5.91 Å². The molecule has 2 unspecified atom stereocenters. The molecule has 0 aromatic heterocycles. The standard InChI is InChI=1S/C46H39Cl2N3O8/c47-36-16-7-29(18-37(36)48)25-57-35-14-12-32(13-15-35)43-26-58-41-21-33-20-39(51(24-34(33)22-42(41)59-43)45(53)40-2-1-17-56-40)44(52)50-38(46(54)55)19-27-3-8-30(9-4-27)31-10-5-28(23-49)6-11-31/h3-16,18,21-22,38-40,43H,1-2,17,19-20,24-26H2,(H,50,52)(H,54,55)/t38?,39?,40-,43+/m0/s1. The maximum atomic E-state index is 14.1. The quantitative estimate of drug-likeness (QED) is 0.136. The Labute approximate surface area is 351 Å². The zero-order valence-electron chi connectivity index (χ0n) is 31.7. The maximum absolute atomic E-state index is 14.1. The molecule has 2 amide bonds. The second-order valence-corrected chi connectivity index (χ2v) is 15.6. The predicted molar refractivity (Wildman–Crippen MR) is 219 cm³/mol. The summed E-state index contributed by atoms with van der Waals surface area (Å²) in [5, 5.41) is 23.0. The van der Waals surface area contributed by atoms with Crippen LogP contribution in [0, 0.1) is 11.3 Å². The van der Waals surface area contributed by atoms with Gasteiger partial charge in [0.05, 0.1) is 21.7 Å². The Hall–Kier alpha value is -6.06. The van der Waals surface area contributed by atoms with E-state index in [9.17, 15) is 19.5 Å². The van der Waals surface area contributed by atoms with Crippen LogP contribution in [0.2, 0.25) is 10.0 Å². The van der Waals surface area contributed by atoms with Crippen molar-refractivity contribution >= 4 is 41.0 Å². The molecule has 0 radical (unpaired) electrons. The molecule has 0 bridgehead atoms. The summed E-state index contributed by atoms with van der Waals surface area (Å²) in [5.41, 5.74) is 6.47. The smallest absolute Gasteiger partial charge is 0.326 e. The molecule has 0 aliphatic carbocycles. The molecule has 8 rings (SSSR count). The first-order chi connectivity index (χ1) is 28.6. The van der Waals surface area contributed by atoms with Gasteiger partial charge >= 0.3 is 5.97 Å². The van der Waals surface area contributed by atoms with Crippen LogP contribution >= 0.6 is 23.2 Å². The van der Waals surface area contributed by atoms with Crippen molar-refractivity contribution in [3.05, 3.63) is 147 Å². The number of halogens is 2. The minimum absolute atomic E-state index is 0.0338. The third kappa shape index (κ3) is 9.00. The number of amides is 2. The average molecular weight is 833 g/mol. The van der Waals surface area contributed by atoms with Crippen molar-refractivity contribution in [3.8, 4) is 34.4 Å². The fraction of sp³-hybridized carbons (Fsp3) is 0.261. The van der Waals surface area contributed by atoms with Gasteiger partial charge in [-0.25, -0.2) is 4.79 Å². The highest BCUT2D eigenvalue weighted by Gasteiger charge is 2.41. The van der Waals surface area contributed by atoms with E-state index in [1.54, 1.807) is 24.3 Å². The molecule has 5 aromatic rings. The highest BCUT2D eigenvalue weighted by Crippen LogP contribution is 2.41. The Balaban J connectivity index is 0.957. The second kappa shape index (κ2) is 17.4. The third-order valence-electron chi connectivity index (χ3n) is 10.8. The van der Waals surface area contributed by atoms with Crippen molar-refractivity contribution in [2.24, 2.45) is 0 Å². The van der Waals surface area contributed by atoms with Crippen molar-refractivity contribution in [3.63, 3.8) is 0 Å². The average Bonchev–Trinajstić information content (AvgIpc) is 3.81. The molecular formula is C46H39Cl2N3O8. The van der Waals surface area contributed by atoms with Gasteiger partial charge in [0, 0.05) is 26.0 Å². The number of benzene rings is 5. The normalized spacial score (nSPS) is 18.6. The molecule has 13 heteroatoms. The number of carboxylic acids is 1. The van der Waals surface area contributed by atoms with Crippen molar-refractivity contribution in [1.29, 1.82) is 5.26 Å². The Morgan fingerprint density at radius 1 is 0.881 bits per heavy atom. The molecule has 4 atom stereocenters. The van der Waals surface area contributed by atoms with E-state index < -0.39 is 36.2 Å². The van der Waals surface area contributed by atoms with E-state index in [2.05, 4.69) is 11.4 Å². The number of rotatable bonds is 11. The van der Waals surface area contributed by atoms with Gasteiger partial charge in [-0.2, -0.15) is 5.26 Å². The summed E-state index contributed by atoms with van der Waals surface area (Å²) in [7, 11) is 0. The van der Waals surface area contributed by atoms with Crippen LogP contribution in [0.15, 0.2) is 103 Å². The molecule has 11 nitrogen and oxygen atoms in total. The van der Waals surface area contributed by atoms with Crippen molar-refractivity contribution in [2.45, 2.75) is 63.1 Å². The van der Waals surface area contributed by atoms with Gasteiger partial charge in [-0.1, -0.05) is 77.8 Å². The van der Waals surface area contributed by atoms with Crippen LogP contribution < -0.4 is 19.5 Å². The number of nitriles is 1. The summed E-state index contributed by atoms with van der Waals surface area (Å²) in [6.45, 7) is 1.13. The summed E-state index contributed by atoms with van der Waals surface area (Å²) in [6, 6.07) is 31.1. The van der Waals surface area contributed by atoms with Crippen molar-refractivity contribution < 1.29 is 38.4 Å². The summed E-state index contributed by atoms with van der Waals surface area (Å²) in [4.78, 5) is 42.0. The Morgan fingerprint density at radius 3 is 2.27 bits per heavy atom. The fourth-order valence-corrected chi connectivity index (χ4v) is 7.91. The lowest BCUT2D eigenvalue weighted by Crippen LogP contribution is -2.57. The van der Waals surface area contributed by atoms with Crippen LogP contribution in [0.25, 0.3) is 11.1 Å². The Bertz CT molecular complexity index is 2410. The minimum Gasteiger partial charge on any atom is -0.489 e. The second-order valence-electron chi connectivity index (χ2n) is 14.8. The van der Waals surface area contributed by atoms with Gasteiger partial charge in [-0.15, -0.1) is 0 Å². The molecule has 3 heterocycles.